The molecule has 5 N–H and O–H groups in total. The number of nitrogen functional groups attached to an aromatic ring is 1. The normalized spacial score (nSPS) is 12.3. The van der Waals surface area contributed by atoms with Crippen LogP contribution in [0.4, 0.5) is 11.5 Å². The zero-order chi connectivity index (χ0) is 15.8. The Balaban J connectivity index is 2.96. The van der Waals surface area contributed by atoms with Crippen LogP contribution in [0, 0.1) is 5.92 Å². The fourth-order valence-corrected chi connectivity index (χ4v) is 2.18. The van der Waals surface area contributed by atoms with Gasteiger partial charge >= 0.3 is 5.69 Å². The van der Waals surface area contributed by atoms with E-state index in [0.717, 1.165) is 19.3 Å². The van der Waals surface area contributed by atoms with Crippen LogP contribution >= 0.6 is 0 Å². The summed E-state index contributed by atoms with van der Waals surface area (Å²) >= 11 is 0. The van der Waals surface area contributed by atoms with Gasteiger partial charge in [0.05, 0.1) is 0 Å². The summed E-state index contributed by atoms with van der Waals surface area (Å²) in [4.78, 5) is 26.0. The van der Waals surface area contributed by atoms with Crippen LogP contribution in [0.5, 0.6) is 0 Å². The molecule has 1 unspecified atom stereocenters. The van der Waals surface area contributed by atoms with Gasteiger partial charge in [-0.15, -0.1) is 0 Å². The van der Waals surface area contributed by atoms with Crippen molar-refractivity contribution in [2.45, 2.75) is 46.1 Å². The van der Waals surface area contributed by atoms with E-state index in [1.54, 1.807) is 0 Å². The molecular weight excluding hydrogens is 272 g/mol. The van der Waals surface area contributed by atoms with Crippen LogP contribution in [0.25, 0.3) is 0 Å². The van der Waals surface area contributed by atoms with Crippen LogP contribution in [-0.2, 0) is 6.54 Å². The van der Waals surface area contributed by atoms with Crippen LogP contribution in [-0.4, -0.2) is 27.8 Å². The van der Waals surface area contributed by atoms with Gasteiger partial charge in [0.1, 0.15) is 11.5 Å². The van der Waals surface area contributed by atoms with Gasteiger partial charge in [0.2, 0.25) is 0 Å². The van der Waals surface area contributed by atoms with E-state index in [2.05, 4.69) is 10.3 Å². The lowest BCUT2D eigenvalue weighted by atomic mass is 10.0. The molecule has 0 spiro atoms. The Kier molecular flexibility index (Phi) is 7.01. The highest BCUT2D eigenvalue weighted by Gasteiger charge is 2.13. The van der Waals surface area contributed by atoms with Crippen LogP contribution in [0.15, 0.2) is 9.59 Å². The molecule has 0 radical (unpaired) electrons. The number of aromatic amines is 1. The highest BCUT2D eigenvalue weighted by Crippen LogP contribution is 2.14. The number of aliphatic hydroxyl groups excluding tert-OH is 1. The standard InChI is InChI=1S/C14H26N4O3/c1-3-5-7-18-12(15)11(13(20)17-14(18)21)16-9-10(4-2)6-8-19/h10,16,19H,3-9,15H2,1-2H3,(H,17,20,21). The molecule has 1 rings (SSSR count). The second-order valence-electron chi connectivity index (χ2n) is 5.19. The van der Waals surface area contributed by atoms with Crippen molar-refractivity contribution in [1.82, 2.24) is 9.55 Å². The summed E-state index contributed by atoms with van der Waals surface area (Å²) < 4.78 is 1.39. The van der Waals surface area contributed by atoms with Gasteiger partial charge in [-0.3, -0.25) is 14.3 Å². The van der Waals surface area contributed by atoms with Gasteiger partial charge in [0.25, 0.3) is 5.56 Å². The number of anilines is 2. The zero-order valence-corrected chi connectivity index (χ0v) is 12.8. The third kappa shape index (κ3) is 4.63. The Labute approximate surface area is 124 Å². The third-order valence-electron chi connectivity index (χ3n) is 3.66. The summed E-state index contributed by atoms with van der Waals surface area (Å²) in [6.45, 7) is 5.18. The summed E-state index contributed by atoms with van der Waals surface area (Å²) in [5.41, 5.74) is 5.23. The molecule has 0 saturated carbocycles. The van der Waals surface area contributed by atoms with Crippen LogP contribution in [0.1, 0.15) is 39.5 Å². The molecule has 0 aliphatic carbocycles. The predicted octanol–water partition coefficient (Wildman–Crippen LogP) is 0.739. The molecule has 21 heavy (non-hydrogen) atoms. The molecule has 1 atom stereocenters. The molecule has 0 amide bonds. The summed E-state index contributed by atoms with van der Waals surface area (Å²) in [6, 6.07) is 0. The van der Waals surface area contributed by atoms with Crippen molar-refractivity contribution in [3.05, 3.63) is 20.8 Å². The first-order chi connectivity index (χ1) is 10.0. The number of nitrogens with one attached hydrogen (secondary N) is 2. The number of H-pyrrole nitrogens is 1. The van der Waals surface area contributed by atoms with E-state index >= 15 is 0 Å². The molecular formula is C14H26N4O3. The zero-order valence-electron chi connectivity index (χ0n) is 12.8. The molecule has 1 heterocycles. The Bertz CT molecular complexity index is 550. The van der Waals surface area contributed by atoms with Gasteiger partial charge in [-0.2, -0.15) is 0 Å². The van der Waals surface area contributed by atoms with Gasteiger partial charge in [-0.05, 0) is 18.8 Å². The molecule has 120 valence electrons. The van der Waals surface area contributed by atoms with Crippen LogP contribution in [0.2, 0.25) is 0 Å². The average Bonchev–Trinajstić information content (AvgIpc) is 2.45. The Morgan fingerprint density at radius 1 is 1.38 bits per heavy atom. The Morgan fingerprint density at radius 3 is 2.67 bits per heavy atom. The van der Waals surface area contributed by atoms with E-state index in [-0.39, 0.29) is 24.0 Å². The molecule has 1 aromatic rings. The topological polar surface area (TPSA) is 113 Å². The SMILES string of the molecule is CCCCn1c(N)c(NCC(CC)CCO)c(=O)[nH]c1=O. The van der Waals surface area contributed by atoms with Gasteiger partial charge in [-0.25, -0.2) is 4.79 Å². The van der Waals surface area contributed by atoms with Crippen molar-refractivity contribution in [2.24, 2.45) is 5.92 Å². The fourth-order valence-electron chi connectivity index (χ4n) is 2.18. The Morgan fingerprint density at radius 2 is 2.10 bits per heavy atom. The summed E-state index contributed by atoms with van der Waals surface area (Å²) in [5.74, 6) is 0.431. The number of unbranched alkanes of at least 4 members (excludes halogenated alkanes) is 1. The summed E-state index contributed by atoms with van der Waals surface area (Å²) in [5, 5.41) is 12.0. The monoisotopic (exact) mass is 298 g/mol. The molecule has 0 aliphatic heterocycles. The van der Waals surface area contributed by atoms with E-state index < -0.39 is 11.2 Å². The number of nitrogens with two attached hydrogens (primary N) is 1. The van der Waals surface area contributed by atoms with E-state index in [9.17, 15) is 9.59 Å². The smallest absolute Gasteiger partial charge is 0.330 e. The van der Waals surface area contributed by atoms with E-state index in [0.29, 0.717) is 19.5 Å². The molecule has 0 aliphatic rings. The summed E-state index contributed by atoms with van der Waals surface area (Å²) in [6.07, 6.45) is 3.30. The fraction of sp³-hybridized carbons (Fsp3) is 0.714. The third-order valence-corrected chi connectivity index (χ3v) is 3.66. The van der Waals surface area contributed by atoms with E-state index in [1.165, 1.54) is 4.57 Å². The molecule has 7 nitrogen and oxygen atoms in total. The second kappa shape index (κ2) is 8.51. The highest BCUT2D eigenvalue weighted by molar-refractivity contribution is 5.60. The predicted molar refractivity (Wildman–Crippen MR) is 84.6 cm³/mol. The molecule has 0 fully saturated rings. The maximum absolute atomic E-state index is 11.9. The summed E-state index contributed by atoms with van der Waals surface area (Å²) in [7, 11) is 0. The van der Waals surface area contributed by atoms with Crippen molar-refractivity contribution >= 4 is 11.5 Å². The van der Waals surface area contributed by atoms with Crippen LogP contribution in [0.3, 0.4) is 0 Å². The maximum atomic E-state index is 11.9. The number of aromatic nitrogens is 2. The van der Waals surface area contributed by atoms with Crippen LogP contribution < -0.4 is 22.3 Å². The van der Waals surface area contributed by atoms with Crippen molar-refractivity contribution in [2.75, 3.05) is 24.2 Å². The lowest BCUT2D eigenvalue weighted by Gasteiger charge is -2.17. The van der Waals surface area contributed by atoms with Gasteiger partial charge < -0.3 is 16.2 Å². The lowest BCUT2D eigenvalue weighted by molar-refractivity contribution is 0.258. The minimum Gasteiger partial charge on any atom is -0.396 e. The molecule has 0 aromatic carbocycles. The first-order valence-corrected chi connectivity index (χ1v) is 7.52. The number of aliphatic hydroxyl groups is 1. The van der Waals surface area contributed by atoms with Crippen molar-refractivity contribution < 1.29 is 5.11 Å². The Hall–Kier alpha value is -1.76. The largest absolute Gasteiger partial charge is 0.396 e. The number of rotatable bonds is 9. The first-order valence-electron chi connectivity index (χ1n) is 7.52. The lowest BCUT2D eigenvalue weighted by Crippen LogP contribution is -2.34. The molecule has 7 heteroatoms. The minimum absolute atomic E-state index is 0.113. The number of nitrogens with zero attached hydrogens (tertiary/aromatic N) is 1. The van der Waals surface area contributed by atoms with E-state index in [4.69, 9.17) is 10.8 Å². The molecule has 1 aromatic heterocycles. The first kappa shape index (κ1) is 17.3. The molecule has 0 bridgehead atoms. The van der Waals surface area contributed by atoms with Gasteiger partial charge in [-0.1, -0.05) is 26.7 Å². The van der Waals surface area contributed by atoms with Crippen molar-refractivity contribution in [3.63, 3.8) is 0 Å². The number of hydrogen-bond acceptors (Lipinski definition) is 5. The second-order valence-corrected chi connectivity index (χ2v) is 5.19. The minimum atomic E-state index is -0.496. The van der Waals surface area contributed by atoms with Gasteiger partial charge in [0, 0.05) is 19.7 Å². The maximum Gasteiger partial charge on any atom is 0.330 e. The number of hydrogen-bond donors (Lipinski definition) is 4. The highest BCUT2D eigenvalue weighted by atomic mass is 16.3. The van der Waals surface area contributed by atoms with E-state index in [1.807, 2.05) is 13.8 Å². The van der Waals surface area contributed by atoms with Crippen molar-refractivity contribution in [1.29, 1.82) is 0 Å². The quantitative estimate of drug-likeness (QED) is 0.537. The molecule has 0 saturated heterocycles. The van der Waals surface area contributed by atoms with Crippen molar-refractivity contribution in [3.8, 4) is 0 Å². The van der Waals surface area contributed by atoms with Gasteiger partial charge in [0.15, 0.2) is 0 Å². The average molecular weight is 298 g/mol.